The number of carbonyl (C=O) groups excluding carboxylic acids is 1. The number of nitrogens with zero attached hydrogens (tertiary/aromatic N) is 2. The Kier molecular flexibility index (Phi) is 12.8. The third-order valence-electron chi connectivity index (χ3n) is 6.75. The van der Waals surface area contributed by atoms with E-state index in [2.05, 4.69) is 15.0 Å². The maximum atomic E-state index is 12.9. The largest absolute Gasteiger partial charge is 0.477 e. The number of ether oxygens (including phenoxy) is 2. The van der Waals surface area contributed by atoms with Crippen molar-refractivity contribution in [3.8, 4) is 0 Å². The van der Waals surface area contributed by atoms with Crippen LogP contribution >= 0.6 is 19.8 Å². The summed E-state index contributed by atoms with van der Waals surface area (Å²) in [5.41, 5.74) is 4.48. The number of aliphatic hydroxyl groups is 6. The molecule has 12 N–H and O–H groups in total. The van der Waals surface area contributed by atoms with E-state index in [1.807, 2.05) is 0 Å². The summed E-state index contributed by atoms with van der Waals surface area (Å²) >= 11 is 1.18. The van der Waals surface area contributed by atoms with Crippen LogP contribution in [0, 0.1) is 0 Å². The standard InChI is InChI=1S/C22H36N5O16PS/c1-2-45-24-6-13(31)26-14-9(29)5-22(20(35)36,42-18(14)15(32)10(30)7-28)43-44(38,39)40-8-11-16(33)17(34)19(41-11)27-4-3-12(23)25-21(27)37/h3-4,9-11,14-19,24,28-30,32-34H,2,5-8H2,1H3,(H,26,31)(H,35,36)(H,38,39)(H2,23,25,37)/t9?,10-,11?,14?,15-,16?,17?,18?,19?,22?/m1/s1. The second kappa shape index (κ2) is 15.5. The molecule has 1 aromatic rings. The molecule has 2 saturated heterocycles. The van der Waals surface area contributed by atoms with Crippen LogP contribution in [0.25, 0.3) is 0 Å². The summed E-state index contributed by atoms with van der Waals surface area (Å²) in [6.45, 7) is -0.572. The first-order valence-corrected chi connectivity index (χ1v) is 15.8. The SMILES string of the molecule is CCSNCC(=O)NC1C(O)CC(OP(=O)(O)OCC2OC(n3ccc(N)nc3=O)C(O)C2O)(C(=O)O)OC1[C@H](O)[C@H](O)CO. The van der Waals surface area contributed by atoms with Crippen LogP contribution < -0.4 is 21.5 Å². The van der Waals surface area contributed by atoms with Crippen molar-refractivity contribution in [2.75, 3.05) is 31.2 Å². The summed E-state index contributed by atoms with van der Waals surface area (Å²) < 4.78 is 36.8. The monoisotopic (exact) mass is 689 g/mol. The number of amides is 1. The second-order valence-corrected chi connectivity index (χ2v) is 12.5. The predicted molar refractivity (Wildman–Crippen MR) is 149 cm³/mol. The molecule has 0 spiro atoms. The maximum Gasteiger partial charge on any atom is 0.475 e. The highest BCUT2D eigenvalue weighted by atomic mass is 32.2. The lowest BCUT2D eigenvalue weighted by molar-refractivity contribution is -0.289. The number of carbonyl (C=O) groups is 2. The third kappa shape index (κ3) is 8.96. The average Bonchev–Trinajstić information content (AvgIpc) is 3.25. The summed E-state index contributed by atoms with van der Waals surface area (Å²) in [5.74, 6) is -5.61. The zero-order chi connectivity index (χ0) is 33.7. The van der Waals surface area contributed by atoms with Gasteiger partial charge in [0.25, 0.3) is 5.79 Å². The Morgan fingerprint density at radius 2 is 2.00 bits per heavy atom. The van der Waals surface area contributed by atoms with Crippen molar-refractivity contribution < 1.29 is 73.3 Å². The molecular weight excluding hydrogens is 653 g/mol. The second-order valence-electron chi connectivity index (χ2n) is 9.94. The molecule has 1 amide bonds. The number of carboxylic acid groups (broad SMARTS) is 1. The Bertz CT molecular complexity index is 1290. The van der Waals surface area contributed by atoms with Gasteiger partial charge in [-0.2, -0.15) is 4.98 Å². The Morgan fingerprint density at radius 1 is 1.31 bits per heavy atom. The molecule has 45 heavy (non-hydrogen) atoms. The van der Waals surface area contributed by atoms with Crippen LogP contribution in [0.2, 0.25) is 0 Å². The van der Waals surface area contributed by atoms with Crippen molar-refractivity contribution in [2.24, 2.45) is 0 Å². The number of anilines is 1. The van der Waals surface area contributed by atoms with Crippen LogP contribution in [-0.2, 0) is 32.7 Å². The molecule has 21 nitrogen and oxygen atoms in total. The highest BCUT2D eigenvalue weighted by Crippen LogP contribution is 2.51. The summed E-state index contributed by atoms with van der Waals surface area (Å²) in [6.07, 6.45) is -14.8. The van der Waals surface area contributed by atoms with Gasteiger partial charge in [0.2, 0.25) is 5.91 Å². The molecule has 0 aliphatic carbocycles. The first-order chi connectivity index (χ1) is 21.1. The van der Waals surface area contributed by atoms with Gasteiger partial charge in [0.15, 0.2) is 6.23 Å². The lowest BCUT2D eigenvalue weighted by Gasteiger charge is -2.46. The van der Waals surface area contributed by atoms with E-state index in [1.165, 1.54) is 18.0 Å². The molecule has 0 bridgehead atoms. The number of nitrogens with one attached hydrogen (secondary N) is 2. The van der Waals surface area contributed by atoms with Crippen LogP contribution in [0.1, 0.15) is 19.6 Å². The molecule has 1 aromatic heterocycles. The van der Waals surface area contributed by atoms with Gasteiger partial charge < -0.3 is 61.2 Å². The van der Waals surface area contributed by atoms with Crippen LogP contribution in [0.5, 0.6) is 0 Å². The third-order valence-corrected chi connectivity index (χ3v) is 8.39. The smallest absolute Gasteiger partial charge is 0.475 e. The van der Waals surface area contributed by atoms with E-state index in [9.17, 15) is 59.6 Å². The fourth-order valence-electron chi connectivity index (χ4n) is 4.54. The zero-order valence-electron chi connectivity index (χ0n) is 23.6. The van der Waals surface area contributed by atoms with Crippen molar-refractivity contribution in [2.45, 2.75) is 74.1 Å². The Labute approximate surface area is 258 Å². The molecule has 0 saturated carbocycles. The maximum absolute atomic E-state index is 12.9. The van der Waals surface area contributed by atoms with Gasteiger partial charge in [-0.15, -0.1) is 0 Å². The molecule has 0 radical (unpaired) electrons. The van der Waals surface area contributed by atoms with Gasteiger partial charge in [0.1, 0.15) is 42.4 Å². The quantitative estimate of drug-likeness (QED) is 0.0466. The van der Waals surface area contributed by atoms with Gasteiger partial charge in [-0.25, -0.2) is 18.7 Å². The van der Waals surface area contributed by atoms with Gasteiger partial charge in [0, 0.05) is 18.4 Å². The van der Waals surface area contributed by atoms with Gasteiger partial charge in [0.05, 0.1) is 31.9 Å². The molecule has 11 atom stereocenters. The normalized spacial score (nSPS) is 32.8. The number of hydrogen-bond acceptors (Lipinski definition) is 18. The highest BCUT2D eigenvalue weighted by Gasteiger charge is 2.59. The van der Waals surface area contributed by atoms with E-state index in [0.29, 0.717) is 5.75 Å². The minimum Gasteiger partial charge on any atom is -0.477 e. The minimum atomic E-state index is -5.55. The van der Waals surface area contributed by atoms with Gasteiger partial charge in [-0.05, 0) is 6.07 Å². The molecule has 23 heteroatoms. The lowest BCUT2D eigenvalue weighted by atomic mass is 9.88. The van der Waals surface area contributed by atoms with E-state index in [4.69, 9.17) is 24.3 Å². The van der Waals surface area contributed by atoms with Crippen molar-refractivity contribution in [3.63, 3.8) is 0 Å². The molecule has 2 aliphatic heterocycles. The number of aliphatic carboxylic acids is 1. The Balaban J connectivity index is 1.78. The molecule has 3 rings (SSSR count). The first-order valence-electron chi connectivity index (χ1n) is 13.3. The highest BCUT2D eigenvalue weighted by molar-refractivity contribution is 7.97. The van der Waals surface area contributed by atoms with E-state index < -0.39 is 106 Å². The first kappa shape index (κ1) is 37.2. The number of nitrogen functional groups attached to an aromatic ring is 1. The Morgan fingerprint density at radius 3 is 2.60 bits per heavy atom. The Hall–Kier alpha value is -2.28. The van der Waals surface area contributed by atoms with Crippen molar-refractivity contribution >= 4 is 37.5 Å². The van der Waals surface area contributed by atoms with Crippen molar-refractivity contribution in [1.29, 1.82) is 0 Å². The van der Waals surface area contributed by atoms with Crippen LogP contribution in [0.4, 0.5) is 5.82 Å². The minimum absolute atomic E-state index is 0.137. The van der Waals surface area contributed by atoms with E-state index in [-0.39, 0.29) is 12.4 Å². The molecular formula is C22H36N5O16PS. The number of hydrogen-bond donors (Lipinski definition) is 11. The zero-order valence-corrected chi connectivity index (χ0v) is 25.3. The molecule has 256 valence electrons. The number of carboxylic acids is 1. The number of aliphatic hydroxyl groups excluding tert-OH is 6. The lowest BCUT2D eigenvalue weighted by Crippen LogP contribution is -2.68. The molecule has 2 aliphatic rings. The van der Waals surface area contributed by atoms with Crippen molar-refractivity contribution in [3.05, 3.63) is 22.7 Å². The van der Waals surface area contributed by atoms with Gasteiger partial charge in [-0.3, -0.25) is 18.6 Å². The molecule has 9 unspecified atom stereocenters. The fraction of sp³-hybridized carbons (Fsp3) is 0.727. The molecule has 0 aromatic carbocycles. The van der Waals surface area contributed by atoms with Crippen LogP contribution in [0.3, 0.4) is 0 Å². The molecule has 3 heterocycles. The van der Waals surface area contributed by atoms with Gasteiger partial charge in [-0.1, -0.05) is 18.9 Å². The summed E-state index contributed by atoms with van der Waals surface area (Å²) in [5, 5.41) is 73.8. The number of rotatable bonds is 15. The van der Waals surface area contributed by atoms with Crippen LogP contribution in [0.15, 0.2) is 17.1 Å². The fourth-order valence-corrected chi connectivity index (χ4v) is 5.93. The number of phosphoric acid groups is 1. The van der Waals surface area contributed by atoms with Crippen molar-refractivity contribution in [1.82, 2.24) is 19.6 Å². The van der Waals surface area contributed by atoms with Gasteiger partial charge >= 0.3 is 19.5 Å². The summed E-state index contributed by atoms with van der Waals surface area (Å²) in [7, 11) is -5.55. The summed E-state index contributed by atoms with van der Waals surface area (Å²) in [6, 6.07) is -0.404. The predicted octanol–water partition coefficient (Wildman–Crippen LogP) is -5.03. The van der Waals surface area contributed by atoms with Crippen LogP contribution in [-0.4, -0.2) is 142 Å². The number of aromatic nitrogens is 2. The average molecular weight is 690 g/mol. The van der Waals surface area contributed by atoms with E-state index in [0.717, 1.165) is 10.8 Å². The summed E-state index contributed by atoms with van der Waals surface area (Å²) in [4.78, 5) is 50.7. The number of phosphoric ester groups is 1. The van der Waals surface area contributed by atoms with E-state index in [1.54, 1.807) is 6.92 Å². The molecule has 2 fully saturated rings. The van der Waals surface area contributed by atoms with E-state index >= 15 is 0 Å². The number of nitrogens with two attached hydrogens (primary N) is 1. The topological polar surface area (TPSA) is 335 Å².